The van der Waals surface area contributed by atoms with Gasteiger partial charge in [0.1, 0.15) is 5.82 Å². The Morgan fingerprint density at radius 3 is 2.81 bits per heavy atom. The number of rotatable bonds is 5. The van der Waals surface area contributed by atoms with Gasteiger partial charge in [0.25, 0.3) is 0 Å². The molecule has 2 N–H and O–H groups in total. The van der Waals surface area contributed by atoms with Crippen LogP contribution in [0.1, 0.15) is 31.2 Å². The largest absolute Gasteiger partial charge is 0.353 e. The van der Waals surface area contributed by atoms with Crippen LogP contribution in [0.3, 0.4) is 0 Å². The number of benzene rings is 1. The summed E-state index contributed by atoms with van der Waals surface area (Å²) in [4.78, 5) is 25.0. The number of pyridine rings is 1. The molecule has 164 valence electrons. The zero-order valence-corrected chi connectivity index (χ0v) is 18.6. The molecule has 1 unspecified atom stereocenters. The summed E-state index contributed by atoms with van der Waals surface area (Å²) in [5.74, 6) is 1.83. The number of aromatic nitrogens is 1. The highest BCUT2D eigenvalue weighted by atomic mass is 35.5. The first kappa shape index (κ1) is 21.4. The molecule has 8 heteroatoms. The van der Waals surface area contributed by atoms with E-state index in [-0.39, 0.29) is 11.9 Å². The van der Waals surface area contributed by atoms with Gasteiger partial charge in [0.05, 0.1) is 5.02 Å². The van der Waals surface area contributed by atoms with Gasteiger partial charge in [-0.1, -0.05) is 23.7 Å². The molecular formula is C23H29ClN6O. The van der Waals surface area contributed by atoms with Crippen LogP contribution >= 0.6 is 11.6 Å². The van der Waals surface area contributed by atoms with Crippen LogP contribution in [-0.4, -0.2) is 49.6 Å². The summed E-state index contributed by atoms with van der Waals surface area (Å²) in [6, 6.07) is 12.2. The predicted octanol–water partition coefficient (Wildman–Crippen LogP) is 3.20. The third-order valence-corrected chi connectivity index (χ3v) is 6.12. The van der Waals surface area contributed by atoms with E-state index in [1.165, 1.54) is 0 Å². The Kier molecular flexibility index (Phi) is 6.92. The van der Waals surface area contributed by atoms with Gasteiger partial charge >= 0.3 is 0 Å². The van der Waals surface area contributed by atoms with E-state index in [1.807, 2.05) is 29.2 Å². The number of guanidine groups is 1. The topological polar surface area (TPSA) is 72.9 Å². The summed E-state index contributed by atoms with van der Waals surface area (Å²) in [5, 5.41) is 7.56. The van der Waals surface area contributed by atoms with Crippen LogP contribution in [-0.2, 0) is 11.3 Å². The molecule has 2 fully saturated rings. The van der Waals surface area contributed by atoms with Gasteiger partial charge in [-0.05, 0) is 49.1 Å². The molecule has 2 aliphatic heterocycles. The average Bonchev–Trinajstić information content (AvgIpc) is 3.26. The smallest absolute Gasteiger partial charge is 0.226 e. The third kappa shape index (κ3) is 5.28. The van der Waals surface area contributed by atoms with Crippen LogP contribution in [0, 0.1) is 0 Å². The number of nitrogens with one attached hydrogen (secondary N) is 2. The van der Waals surface area contributed by atoms with Crippen molar-refractivity contribution in [1.82, 2.24) is 15.6 Å². The molecule has 0 bridgehead atoms. The summed E-state index contributed by atoms with van der Waals surface area (Å²) in [5.41, 5.74) is 2.12. The van der Waals surface area contributed by atoms with Crippen molar-refractivity contribution in [3.8, 4) is 0 Å². The Balaban J connectivity index is 1.28. The van der Waals surface area contributed by atoms with E-state index in [1.54, 1.807) is 13.2 Å². The second-order valence-corrected chi connectivity index (χ2v) is 8.39. The molecule has 3 heterocycles. The molecule has 0 saturated carbocycles. The van der Waals surface area contributed by atoms with Crippen molar-refractivity contribution in [3.63, 3.8) is 0 Å². The van der Waals surface area contributed by atoms with Gasteiger partial charge in [0, 0.05) is 57.6 Å². The van der Waals surface area contributed by atoms with E-state index < -0.39 is 0 Å². The molecule has 0 aliphatic carbocycles. The summed E-state index contributed by atoms with van der Waals surface area (Å²) in [7, 11) is 1.78. The Bertz CT molecular complexity index is 932. The average molecular weight is 441 g/mol. The maximum Gasteiger partial charge on any atom is 0.226 e. The Morgan fingerprint density at radius 2 is 2.06 bits per heavy atom. The lowest BCUT2D eigenvalue weighted by Crippen LogP contribution is -2.44. The molecule has 1 amide bonds. The first-order valence-corrected chi connectivity index (χ1v) is 11.2. The number of amides is 1. The van der Waals surface area contributed by atoms with Crippen molar-refractivity contribution in [2.45, 2.75) is 38.3 Å². The molecule has 1 atom stereocenters. The van der Waals surface area contributed by atoms with Crippen LogP contribution < -0.4 is 20.4 Å². The lowest BCUT2D eigenvalue weighted by molar-refractivity contribution is -0.119. The fraction of sp³-hybridized carbons (Fsp3) is 0.435. The van der Waals surface area contributed by atoms with Crippen LogP contribution in [0.25, 0.3) is 0 Å². The van der Waals surface area contributed by atoms with Gasteiger partial charge in [-0.15, -0.1) is 0 Å². The van der Waals surface area contributed by atoms with Crippen LogP contribution in [0.2, 0.25) is 5.02 Å². The van der Waals surface area contributed by atoms with Crippen molar-refractivity contribution in [2.24, 2.45) is 4.99 Å². The van der Waals surface area contributed by atoms with E-state index in [2.05, 4.69) is 37.6 Å². The second kappa shape index (κ2) is 10.0. The van der Waals surface area contributed by atoms with Crippen molar-refractivity contribution >= 4 is 35.0 Å². The highest BCUT2D eigenvalue weighted by Crippen LogP contribution is 2.26. The van der Waals surface area contributed by atoms with Crippen LogP contribution in [0.5, 0.6) is 0 Å². The monoisotopic (exact) mass is 440 g/mol. The van der Waals surface area contributed by atoms with E-state index in [0.29, 0.717) is 18.0 Å². The number of hydrogen-bond acceptors (Lipinski definition) is 4. The quantitative estimate of drug-likeness (QED) is 0.551. The van der Waals surface area contributed by atoms with Gasteiger partial charge in [-0.3, -0.25) is 9.79 Å². The molecule has 7 nitrogen and oxygen atoms in total. The highest BCUT2D eigenvalue weighted by Gasteiger charge is 2.25. The fourth-order valence-electron chi connectivity index (χ4n) is 4.13. The number of halogens is 1. The fourth-order valence-corrected chi connectivity index (χ4v) is 4.37. The zero-order valence-electron chi connectivity index (χ0n) is 17.9. The van der Waals surface area contributed by atoms with Crippen molar-refractivity contribution in [3.05, 3.63) is 53.2 Å². The molecular weight excluding hydrogens is 412 g/mol. The maximum atomic E-state index is 12.1. The minimum absolute atomic E-state index is 0.222. The predicted molar refractivity (Wildman–Crippen MR) is 126 cm³/mol. The molecule has 0 spiro atoms. The third-order valence-electron chi connectivity index (χ3n) is 5.82. The molecule has 31 heavy (non-hydrogen) atoms. The molecule has 1 aromatic heterocycles. The molecule has 2 aliphatic rings. The number of piperidine rings is 1. The molecule has 0 radical (unpaired) electrons. The SMILES string of the molecule is CN=C(NCc1ccc(N2CCCCC2=O)cc1)NC1CCN(c2ncccc2Cl)C1. The lowest BCUT2D eigenvalue weighted by atomic mass is 10.1. The van der Waals surface area contributed by atoms with E-state index >= 15 is 0 Å². The van der Waals surface area contributed by atoms with Gasteiger partial charge in [-0.2, -0.15) is 0 Å². The number of carbonyl (C=O) groups is 1. The van der Waals surface area contributed by atoms with E-state index in [9.17, 15) is 4.79 Å². The van der Waals surface area contributed by atoms with E-state index in [0.717, 1.165) is 61.9 Å². The number of nitrogens with zero attached hydrogens (tertiary/aromatic N) is 4. The summed E-state index contributed by atoms with van der Waals surface area (Å²) < 4.78 is 0. The summed E-state index contributed by atoms with van der Waals surface area (Å²) in [6.07, 6.45) is 5.48. The van der Waals surface area contributed by atoms with Gasteiger partial charge < -0.3 is 20.4 Å². The normalized spacial score (nSPS) is 19.6. The minimum Gasteiger partial charge on any atom is -0.353 e. The number of aliphatic imine (C=N–C) groups is 1. The van der Waals surface area contributed by atoms with Crippen molar-refractivity contribution in [1.29, 1.82) is 0 Å². The second-order valence-electron chi connectivity index (χ2n) is 7.98. The first-order chi connectivity index (χ1) is 15.1. The van der Waals surface area contributed by atoms with E-state index in [4.69, 9.17) is 11.6 Å². The number of anilines is 2. The molecule has 2 saturated heterocycles. The molecule has 1 aromatic carbocycles. The van der Waals surface area contributed by atoms with Gasteiger partial charge in [0.15, 0.2) is 5.96 Å². The minimum atomic E-state index is 0.222. The molecule has 2 aromatic rings. The zero-order chi connectivity index (χ0) is 21.6. The van der Waals surface area contributed by atoms with Crippen molar-refractivity contribution < 1.29 is 4.79 Å². The van der Waals surface area contributed by atoms with Crippen molar-refractivity contribution in [2.75, 3.05) is 36.5 Å². The standard InChI is InChI=1S/C23H29ClN6O/c1-25-23(28-18-11-14-29(16-18)22-20(24)5-4-12-26-22)27-15-17-7-9-19(10-8-17)30-13-3-2-6-21(30)31/h4-5,7-10,12,18H,2-3,6,11,13-16H2,1H3,(H2,25,27,28). The Hall–Kier alpha value is -2.80. The number of hydrogen-bond donors (Lipinski definition) is 2. The van der Waals surface area contributed by atoms with Crippen LogP contribution in [0.15, 0.2) is 47.6 Å². The molecule has 4 rings (SSSR count). The summed E-state index contributed by atoms with van der Waals surface area (Å²) >= 11 is 6.29. The highest BCUT2D eigenvalue weighted by molar-refractivity contribution is 6.32. The Morgan fingerprint density at radius 1 is 1.23 bits per heavy atom. The number of carbonyl (C=O) groups excluding carboxylic acids is 1. The Labute approximate surface area is 188 Å². The lowest BCUT2D eigenvalue weighted by Gasteiger charge is -2.27. The maximum absolute atomic E-state index is 12.1. The van der Waals surface area contributed by atoms with Crippen LogP contribution in [0.4, 0.5) is 11.5 Å². The summed E-state index contributed by atoms with van der Waals surface area (Å²) in [6.45, 7) is 3.21. The van der Waals surface area contributed by atoms with Gasteiger partial charge in [-0.25, -0.2) is 4.98 Å². The first-order valence-electron chi connectivity index (χ1n) is 10.9. The van der Waals surface area contributed by atoms with Gasteiger partial charge in [0.2, 0.25) is 5.91 Å².